The van der Waals surface area contributed by atoms with E-state index in [-0.39, 0.29) is 29.1 Å². The van der Waals surface area contributed by atoms with Gasteiger partial charge in [0.05, 0.1) is 13.0 Å². The fourth-order valence-corrected chi connectivity index (χ4v) is 3.08. The molecule has 25 heavy (non-hydrogen) atoms. The summed E-state index contributed by atoms with van der Waals surface area (Å²) in [5.74, 6) is -2.83. The summed E-state index contributed by atoms with van der Waals surface area (Å²) in [6.45, 7) is 6.64. The number of hydrogen-bond donors (Lipinski definition) is 0. The summed E-state index contributed by atoms with van der Waals surface area (Å²) >= 11 is 0. The standard InChI is InChI=1S/C19H22F2O4/c1-10-12(11(2)15(21)8-14(10)20)9-25-18(23)17-13(19(17,3)4)6-7-16(22)24-5/h6-8,13,17H,9H2,1-5H3/b7-6-/t13-,17-/m0/s1. The second-order valence-electron chi connectivity index (χ2n) is 6.88. The first-order valence-electron chi connectivity index (χ1n) is 7.98. The maximum atomic E-state index is 13.7. The Bertz CT molecular complexity index is 711. The fourth-order valence-electron chi connectivity index (χ4n) is 3.08. The topological polar surface area (TPSA) is 52.6 Å². The minimum Gasteiger partial charge on any atom is -0.466 e. The van der Waals surface area contributed by atoms with Crippen molar-refractivity contribution in [2.24, 2.45) is 17.3 Å². The van der Waals surface area contributed by atoms with Crippen molar-refractivity contribution in [3.8, 4) is 0 Å². The Kier molecular flexibility index (Phi) is 5.30. The van der Waals surface area contributed by atoms with Gasteiger partial charge in [-0.2, -0.15) is 0 Å². The van der Waals surface area contributed by atoms with Crippen molar-refractivity contribution in [1.82, 2.24) is 0 Å². The molecule has 0 N–H and O–H groups in total. The Labute approximate surface area is 145 Å². The van der Waals surface area contributed by atoms with E-state index in [1.807, 2.05) is 13.8 Å². The summed E-state index contributed by atoms with van der Waals surface area (Å²) < 4.78 is 37.2. The molecule has 2 atom stereocenters. The van der Waals surface area contributed by atoms with E-state index in [1.165, 1.54) is 27.0 Å². The van der Waals surface area contributed by atoms with Crippen LogP contribution in [0.25, 0.3) is 0 Å². The molecule has 0 spiro atoms. The van der Waals surface area contributed by atoms with Crippen molar-refractivity contribution < 1.29 is 27.8 Å². The van der Waals surface area contributed by atoms with E-state index in [2.05, 4.69) is 4.74 Å². The molecule has 0 bridgehead atoms. The van der Waals surface area contributed by atoms with E-state index >= 15 is 0 Å². The Morgan fingerprint density at radius 2 is 1.76 bits per heavy atom. The molecule has 1 fully saturated rings. The molecule has 4 nitrogen and oxygen atoms in total. The third kappa shape index (κ3) is 3.72. The third-order valence-electron chi connectivity index (χ3n) is 5.04. The molecule has 0 aliphatic heterocycles. The largest absolute Gasteiger partial charge is 0.466 e. The fraction of sp³-hybridized carbons (Fsp3) is 0.474. The van der Waals surface area contributed by atoms with Crippen LogP contribution in [0, 0.1) is 42.7 Å². The molecule has 1 aliphatic carbocycles. The molecule has 136 valence electrons. The molecule has 1 aliphatic rings. The predicted octanol–water partition coefficient (Wildman–Crippen LogP) is 3.63. The molecule has 1 saturated carbocycles. The molecule has 0 saturated heterocycles. The first-order valence-corrected chi connectivity index (χ1v) is 7.98. The molecule has 2 rings (SSSR count). The summed E-state index contributed by atoms with van der Waals surface area (Å²) in [6, 6.07) is 0.827. The molecule has 6 heteroatoms. The van der Waals surface area contributed by atoms with Gasteiger partial charge in [0.2, 0.25) is 0 Å². The highest BCUT2D eigenvalue weighted by atomic mass is 19.1. The second kappa shape index (κ2) is 6.94. The Balaban J connectivity index is 2.07. The highest BCUT2D eigenvalue weighted by Gasteiger charge is 2.61. The summed E-state index contributed by atoms with van der Waals surface area (Å²) in [5.41, 5.74) is 0.526. The first kappa shape index (κ1) is 19.1. The van der Waals surface area contributed by atoms with Crippen LogP contribution in [0.3, 0.4) is 0 Å². The number of halogens is 2. The molecule has 0 unspecified atom stereocenters. The van der Waals surface area contributed by atoms with Crippen LogP contribution in [-0.4, -0.2) is 19.0 Å². The normalized spacial score (nSPS) is 21.2. The van der Waals surface area contributed by atoms with Gasteiger partial charge in [-0.1, -0.05) is 19.9 Å². The number of rotatable bonds is 5. The SMILES string of the molecule is COC(=O)/C=C\[C@H]1[C@@H](C(=O)OCc2c(C)c(F)cc(F)c2C)C1(C)C. The van der Waals surface area contributed by atoms with Crippen molar-refractivity contribution in [2.45, 2.75) is 34.3 Å². The van der Waals surface area contributed by atoms with Crippen LogP contribution in [0.5, 0.6) is 0 Å². The molecule has 0 radical (unpaired) electrons. The van der Waals surface area contributed by atoms with E-state index in [0.717, 1.165) is 6.07 Å². The number of allylic oxidation sites excluding steroid dienone is 1. The maximum absolute atomic E-state index is 13.7. The maximum Gasteiger partial charge on any atom is 0.330 e. The number of ether oxygens (including phenoxy) is 2. The highest BCUT2D eigenvalue weighted by molar-refractivity contribution is 5.83. The van der Waals surface area contributed by atoms with Gasteiger partial charge in [-0.05, 0) is 36.3 Å². The van der Waals surface area contributed by atoms with Gasteiger partial charge in [-0.25, -0.2) is 13.6 Å². The van der Waals surface area contributed by atoms with Gasteiger partial charge in [-0.3, -0.25) is 4.79 Å². The molecule has 1 aromatic rings. The second-order valence-corrected chi connectivity index (χ2v) is 6.88. The monoisotopic (exact) mass is 352 g/mol. The molecule has 0 amide bonds. The number of benzene rings is 1. The van der Waals surface area contributed by atoms with Crippen molar-refractivity contribution in [2.75, 3.05) is 7.11 Å². The summed E-state index contributed by atoms with van der Waals surface area (Å²) in [6.07, 6.45) is 2.92. The van der Waals surface area contributed by atoms with Gasteiger partial charge in [-0.15, -0.1) is 0 Å². The van der Waals surface area contributed by atoms with E-state index in [1.54, 1.807) is 6.08 Å². The number of hydrogen-bond acceptors (Lipinski definition) is 4. The van der Waals surface area contributed by atoms with Crippen LogP contribution < -0.4 is 0 Å². The van der Waals surface area contributed by atoms with Crippen molar-refractivity contribution in [3.05, 3.63) is 46.5 Å². The number of carbonyl (C=O) groups is 2. The van der Waals surface area contributed by atoms with Crippen molar-refractivity contribution in [1.29, 1.82) is 0 Å². The van der Waals surface area contributed by atoms with Gasteiger partial charge in [0, 0.05) is 17.7 Å². The Morgan fingerprint density at radius 3 is 2.28 bits per heavy atom. The molecule has 0 aromatic heterocycles. The van der Waals surface area contributed by atoms with Crippen LogP contribution >= 0.6 is 0 Å². The zero-order chi connectivity index (χ0) is 18.9. The van der Waals surface area contributed by atoms with Crippen LogP contribution in [-0.2, 0) is 25.7 Å². The zero-order valence-electron chi connectivity index (χ0n) is 15.0. The van der Waals surface area contributed by atoms with Gasteiger partial charge >= 0.3 is 11.9 Å². The highest BCUT2D eigenvalue weighted by Crippen LogP contribution is 2.59. The summed E-state index contributed by atoms with van der Waals surface area (Å²) in [5, 5.41) is 0. The van der Waals surface area contributed by atoms with Gasteiger partial charge in [0.1, 0.15) is 18.2 Å². The molecular formula is C19H22F2O4. The first-order chi connectivity index (χ1) is 11.6. The quantitative estimate of drug-likeness (QED) is 0.600. The van der Waals surface area contributed by atoms with Crippen LogP contribution in [0.4, 0.5) is 8.78 Å². The van der Waals surface area contributed by atoms with E-state index < -0.39 is 29.5 Å². The van der Waals surface area contributed by atoms with E-state index in [4.69, 9.17) is 4.74 Å². The Hall–Kier alpha value is -2.24. The lowest BCUT2D eigenvalue weighted by atomic mass is 10.0. The van der Waals surface area contributed by atoms with E-state index in [9.17, 15) is 18.4 Å². The van der Waals surface area contributed by atoms with Crippen molar-refractivity contribution in [3.63, 3.8) is 0 Å². The summed E-state index contributed by atoms with van der Waals surface area (Å²) in [7, 11) is 1.28. The van der Waals surface area contributed by atoms with Gasteiger partial charge < -0.3 is 9.47 Å². The molecule has 0 heterocycles. The average molecular weight is 352 g/mol. The zero-order valence-corrected chi connectivity index (χ0v) is 15.0. The lowest BCUT2D eigenvalue weighted by Gasteiger charge is -2.12. The molecule has 1 aromatic carbocycles. The summed E-state index contributed by atoms with van der Waals surface area (Å²) in [4.78, 5) is 23.5. The Morgan fingerprint density at radius 1 is 1.20 bits per heavy atom. The minimum atomic E-state index is -0.667. The lowest BCUT2D eigenvalue weighted by Crippen LogP contribution is -2.12. The van der Waals surface area contributed by atoms with E-state index in [0.29, 0.717) is 5.56 Å². The number of esters is 2. The van der Waals surface area contributed by atoms with Gasteiger partial charge in [0.25, 0.3) is 0 Å². The number of methoxy groups -OCH3 is 1. The minimum absolute atomic E-state index is 0.148. The van der Waals surface area contributed by atoms with Gasteiger partial charge in [0.15, 0.2) is 0 Å². The smallest absolute Gasteiger partial charge is 0.330 e. The van der Waals surface area contributed by atoms with Crippen LogP contribution in [0.1, 0.15) is 30.5 Å². The van der Waals surface area contributed by atoms with Crippen molar-refractivity contribution >= 4 is 11.9 Å². The number of carbonyl (C=O) groups excluding carboxylic acids is 2. The van der Waals surface area contributed by atoms with Crippen LogP contribution in [0.15, 0.2) is 18.2 Å². The lowest BCUT2D eigenvalue weighted by molar-refractivity contribution is -0.147. The third-order valence-corrected chi connectivity index (χ3v) is 5.04. The van der Waals surface area contributed by atoms with Crippen LogP contribution in [0.2, 0.25) is 0 Å². The average Bonchev–Trinajstić information content (AvgIpc) is 3.11. The molecular weight excluding hydrogens is 330 g/mol. The predicted molar refractivity (Wildman–Crippen MR) is 87.5 cm³/mol.